The summed E-state index contributed by atoms with van der Waals surface area (Å²) in [6.45, 7) is 1.49. The Balaban J connectivity index is 1.50. The number of nitrogens with zero attached hydrogens (tertiary/aromatic N) is 1. The number of anilines is 1. The fourth-order valence-electron chi connectivity index (χ4n) is 3.37. The molecule has 0 aliphatic carbocycles. The second kappa shape index (κ2) is 11.2. The zero-order chi connectivity index (χ0) is 24.7. The van der Waals surface area contributed by atoms with Crippen LogP contribution in [0.3, 0.4) is 0 Å². The monoisotopic (exact) mass is 469 g/mol. The number of hydrazine groups is 1. The van der Waals surface area contributed by atoms with E-state index in [-0.39, 0.29) is 18.5 Å². The van der Waals surface area contributed by atoms with Crippen LogP contribution in [-0.2, 0) is 25.5 Å². The van der Waals surface area contributed by atoms with E-state index >= 15 is 0 Å². The normalized spacial score (nSPS) is 15.0. The Kier molecular flexibility index (Phi) is 8.07. The van der Waals surface area contributed by atoms with Crippen LogP contribution in [0.4, 0.5) is 5.69 Å². The summed E-state index contributed by atoms with van der Waals surface area (Å²) in [7, 11) is 2.91. The van der Waals surface area contributed by atoms with Crippen molar-refractivity contribution >= 4 is 29.4 Å². The van der Waals surface area contributed by atoms with Gasteiger partial charge in [0.25, 0.3) is 11.8 Å². The van der Waals surface area contributed by atoms with Gasteiger partial charge >= 0.3 is 5.97 Å². The number of nitrogens with one attached hydrogen (secondary N) is 2. The molecule has 2 aromatic carbocycles. The van der Waals surface area contributed by atoms with Crippen LogP contribution in [0.2, 0.25) is 0 Å². The van der Waals surface area contributed by atoms with E-state index in [2.05, 4.69) is 10.7 Å². The Hall–Kier alpha value is -4.08. The minimum Gasteiger partial charge on any atom is -0.497 e. The molecule has 1 atom stereocenters. The molecule has 0 spiro atoms. The lowest BCUT2D eigenvalue weighted by Crippen LogP contribution is -2.43. The first-order valence-electron chi connectivity index (χ1n) is 10.7. The van der Waals surface area contributed by atoms with Gasteiger partial charge in [-0.3, -0.25) is 29.6 Å². The Bertz CT molecular complexity index is 1050. The van der Waals surface area contributed by atoms with Gasteiger partial charge < -0.3 is 19.5 Å². The second-order valence-corrected chi connectivity index (χ2v) is 7.65. The van der Waals surface area contributed by atoms with Crippen molar-refractivity contribution in [3.8, 4) is 11.5 Å². The highest BCUT2D eigenvalue weighted by Gasteiger charge is 2.36. The number of benzene rings is 2. The lowest BCUT2D eigenvalue weighted by atomic mass is 10.1. The number of aryl methyl sites for hydroxylation is 1. The largest absolute Gasteiger partial charge is 0.497 e. The molecule has 2 N–H and O–H groups in total. The van der Waals surface area contributed by atoms with Crippen LogP contribution in [0.1, 0.15) is 29.3 Å². The molecule has 34 heavy (non-hydrogen) atoms. The summed E-state index contributed by atoms with van der Waals surface area (Å²) in [5.41, 5.74) is 4.44. The molecule has 180 valence electrons. The van der Waals surface area contributed by atoms with Crippen molar-refractivity contribution in [1.29, 1.82) is 0 Å². The molecular formula is C24H27N3O7. The summed E-state index contributed by atoms with van der Waals surface area (Å²) >= 11 is 0. The lowest BCUT2D eigenvalue weighted by molar-refractivity contribution is -0.151. The molecule has 3 amide bonds. The van der Waals surface area contributed by atoms with Crippen LogP contribution in [0, 0.1) is 5.92 Å². The summed E-state index contributed by atoms with van der Waals surface area (Å²) in [6, 6.07) is 11.9. The zero-order valence-electron chi connectivity index (χ0n) is 19.3. The first-order chi connectivity index (χ1) is 16.3. The molecule has 0 aromatic heterocycles. The molecule has 0 radical (unpaired) electrons. The highest BCUT2D eigenvalue weighted by Crippen LogP contribution is 2.23. The van der Waals surface area contributed by atoms with Gasteiger partial charge in [-0.05, 0) is 36.2 Å². The van der Waals surface area contributed by atoms with Crippen molar-refractivity contribution in [2.45, 2.75) is 19.8 Å². The molecule has 1 aliphatic heterocycles. The number of ether oxygens (including phenoxy) is 3. The van der Waals surface area contributed by atoms with Crippen LogP contribution in [0.25, 0.3) is 0 Å². The third-order valence-corrected chi connectivity index (χ3v) is 5.30. The third kappa shape index (κ3) is 6.25. The van der Waals surface area contributed by atoms with Gasteiger partial charge in [-0.1, -0.05) is 19.1 Å². The molecule has 2 aromatic rings. The van der Waals surface area contributed by atoms with Crippen LogP contribution < -0.4 is 20.2 Å². The van der Waals surface area contributed by atoms with Gasteiger partial charge in [0.1, 0.15) is 11.5 Å². The van der Waals surface area contributed by atoms with E-state index in [0.717, 1.165) is 17.0 Å². The van der Waals surface area contributed by atoms with Gasteiger partial charge in [-0.25, -0.2) is 0 Å². The predicted molar refractivity (Wildman–Crippen MR) is 122 cm³/mol. The molecule has 0 bridgehead atoms. The van der Waals surface area contributed by atoms with Gasteiger partial charge in [0, 0.05) is 23.7 Å². The first kappa shape index (κ1) is 24.6. The van der Waals surface area contributed by atoms with Crippen molar-refractivity contribution in [1.82, 2.24) is 10.4 Å². The smallest absolute Gasteiger partial charge is 0.311 e. The van der Waals surface area contributed by atoms with Crippen molar-refractivity contribution in [3.63, 3.8) is 0 Å². The summed E-state index contributed by atoms with van der Waals surface area (Å²) in [6.07, 6.45) is 0.748. The molecule has 0 unspecified atom stereocenters. The standard InChI is InChI=1S/C24H27N3O7/c1-4-15-5-7-18(8-6-15)25-21(28)14-34-24(31)17-11-22(29)27(13-17)26-23(30)16-9-19(32-2)12-20(10-16)33-3/h5-10,12,17H,4,11,13-14H2,1-3H3,(H,25,28)(H,26,30)/t17-/m0/s1. The average Bonchev–Trinajstić information content (AvgIpc) is 3.22. The lowest BCUT2D eigenvalue weighted by Gasteiger charge is -2.18. The van der Waals surface area contributed by atoms with E-state index in [9.17, 15) is 19.2 Å². The van der Waals surface area contributed by atoms with Crippen molar-refractivity contribution in [2.24, 2.45) is 5.92 Å². The number of rotatable bonds is 9. The van der Waals surface area contributed by atoms with Gasteiger partial charge in [0.05, 0.1) is 26.7 Å². The first-order valence-corrected chi connectivity index (χ1v) is 10.7. The fraction of sp³-hybridized carbons (Fsp3) is 0.333. The van der Waals surface area contributed by atoms with Crippen LogP contribution >= 0.6 is 0 Å². The molecule has 10 nitrogen and oxygen atoms in total. The Morgan fingerprint density at radius 3 is 2.26 bits per heavy atom. The maximum Gasteiger partial charge on any atom is 0.311 e. The fourth-order valence-corrected chi connectivity index (χ4v) is 3.37. The second-order valence-electron chi connectivity index (χ2n) is 7.65. The van der Waals surface area contributed by atoms with Crippen molar-refractivity contribution in [2.75, 3.05) is 32.7 Å². The van der Waals surface area contributed by atoms with E-state index in [4.69, 9.17) is 14.2 Å². The summed E-state index contributed by atoms with van der Waals surface area (Å²) in [5, 5.41) is 3.71. The number of methoxy groups -OCH3 is 2. The zero-order valence-corrected chi connectivity index (χ0v) is 19.3. The highest BCUT2D eigenvalue weighted by molar-refractivity contribution is 5.97. The molecule has 1 saturated heterocycles. The van der Waals surface area contributed by atoms with Gasteiger partial charge in [-0.2, -0.15) is 0 Å². The number of carbonyl (C=O) groups excluding carboxylic acids is 4. The number of hydrogen-bond acceptors (Lipinski definition) is 7. The van der Waals surface area contributed by atoms with E-state index in [1.54, 1.807) is 18.2 Å². The summed E-state index contributed by atoms with van der Waals surface area (Å²) in [5.74, 6) is -2.15. The van der Waals surface area contributed by atoms with E-state index in [1.807, 2.05) is 19.1 Å². The van der Waals surface area contributed by atoms with Crippen LogP contribution in [0.15, 0.2) is 42.5 Å². The molecular weight excluding hydrogens is 442 g/mol. The molecule has 10 heteroatoms. The maximum atomic E-state index is 12.6. The Morgan fingerprint density at radius 2 is 1.68 bits per heavy atom. The van der Waals surface area contributed by atoms with Crippen molar-refractivity contribution < 1.29 is 33.4 Å². The molecule has 0 saturated carbocycles. The van der Waals surface area contributed by atoms with Gasteiger partial charge in [-0.15, -0.1) is 0 Å². The molecule has 1 aliphatic rings. The molecule has 1 heterocycles. The Morgan fingerprint density at radius 1 is 1.03 bits per heavy atom. The topological polar surface area (TPSA) is 123 Å². The summed E-state index contributed by atoms with van der Waals surface area (Å²) in [4.78, 5) is 49.4. The SMILES string of the molecule is CCc1ccc(NC(=O)COC(=O)[C@H]2CC(=O)N(NC(=O)c3cc(OC)cc(OC)c3)C2)cc1. The molecule has 3 rings (SSSR count). The highest BCUT2D eigenvalue weighted by atomic mass is 16.5. The number of esters is 1. The third-order valence-electron chi connectivity index (χ3n) is 5.30. The maximum absolute atomic E-state index is 12.6. The minimum absolute atomic E-state index is 0.0649. The van der Waals surface area contributed by atoms with Gasteiger partial charge in [0.15, 0.2) is 6.61 Å². The van der Waals surface area contributed by atoms with Gasteiger partial charge in [0.2, 0.25) is 5.91 Å². The van der Waals surface area contributed by atoms with E-state index in [0.29, 0.717) is 17.2 Å². The summed E-state index contributed by atoms with van der Waals surface area (Å²) < 4.78 is 15.4. The number of hydrogen-bond donors (Lipinski definition) is 2. The van der Waals surface area contributed by atoms with Crippen LogP contribution in [0.5, 0.6) is 11.5 Å². The van der Waals surface area contributed by atoms with E-state index in [1.165, 1.54) is 26.4 Å². The number of amides is 3. The average molecular weight is 469 g/mol. The predicted octanol–water partition coefficient (Wildman–Crippen LogP) is 1.94. The van der Waals surface area contributed by atoms with E-state index < -0.39 is 36.2 Å². The quantitative estimate of drug-likeness (QED) is 0.538. The van der Waals surface area contributed by atoms with Crippen molar-refractivity contribution in [3.05, 3.63) is 53.6 Å². The molecule has 1 fully saturated rings. The minimum atomic E-state index is -0.802. The number of carbonyl (C=O) groups is 4. The Labute approximate surface area is 197 Å². The van der Waals surface area contributed by atoms with Crippen LogP contribution in [-0.4, -0.2) is 56.1 Å².